The second-order valence-electron chi connectivity index (χ2n) is 7.68. The van der Waals surface area contributed by atoms with Gasteiger partial charge in [0.05, 0.1) is 13.2 Å². The zero-order chi connectivity index (χ0) is 20.6. The molecule has 1 saturated carbocycles. The van der Waals surface area contributed by atoms with E-state index < -0.39 is 0 Å². The lowest BCUT2D eigenvalue weighted by atomic mass is 10.2. The highest BCUT2D eigenvalue weighted by Crippen LogP contribution is 2.23. The third kappa shape index (κ3) is 5.82. The molecule has 1 saturated heterocycles. The standard InChI is InChI=1S/C22H29N5O3/c28-22(25-15-17-5-7-23-20(13-17)27-9-11-29-12-10-27)26-16-18-6-8-24-21(14-18)30-19-3-1-2-4-19/h5-8,13-14,19H,1-4,9-12,15-16H2,(H2,25,26,28). The molecular formula is C22H29N5O3. The lowest BCUT2D eigenvalue weighted by Crippen LogP contribution is -2.37. The minimum atomic E-state index is -0.213. The number of anilines is 1. The largest absolute Gasteiger partial charge is 0.474 e. The zero-order valence-electron chi connectivity index (χ0n) is 17.2. The molecule has 0 aromatic carbocycles. The van der Waals surface area contributed by atoms with Crippen LogP contribution < -0.4 is 20.3 Å². The lowest BCUT2D eigenvalue weighted by Gasteiger charge is -2.28. The highest BCUT2D eigenvalue weighted by molar-refractivity contribution is 5.73. The van der Waals surface area contributed by atoms with E-state index in [1.807, 2.05) is 24.3 Å². The van der Waals surface area contributed by atoms with Crippen molar-refractivity contribution in [2.24, 2.45) is 0 Å². The van der Waals surface area contributed by atoms with E-state index in [0.29, 0.717) is 19.0 Å². The van der Waals surface area contributed by atoms with Gasteiger partial charge in [0.25, 0.3) is 0 Å². The van der Waals surface area contributed by atoms with E-state index in [4.69, 9.17) is 9.47 Å². The van der Waals surface area contributed by atoms with Crippen LogP contribution in [-0.4, -0.2) is 48.4 Å². The van der Waals surface area contributed by atoms with Crippen LogP contribution in [0.1, 0.15) is 36.8 Å². The van der Waals surface area contributed by atoms with Crippen LogP contribution in [-0.2, 0) is 17.8 Å². The Labute approximate surface area is 177 Å². The van der Waals surface area contributed by atoms with Gasteiger partial charge < -0.3 is 25.0 Å². The number of nitrogens with zero attached hydrogens (tertiary/aromatic N) is 3. The van der Waals surface area contributed by atoms with Gasteiger partial charge in [0, 0.05) is 44.6 Å². The van der Waals surface area contributed by atoms with E-state index in [1.54, 1.807) is 12.4 Å². The first-order chi connectivity index (χ1) is 14.8. The molecule has 8 nitrogen and oxygen atoms in total. The number of hydrogen-bond donors (Lipinski definition) is 2. The summed E-state index contributed by atoms with van der Waals surface area (Å²) >= 11 is 0. The molecular weight excluding hydrogens is 382 g/mol. The Morgan fingerprint density at radius 2 is 1.70 bits per heavy atom. The van der Waals surface area contributed by atoms with Crippen molar-refractivity contribution in [3.63, 3.8) is 0 Å². The number of carbonyl (C=O) groups is 1. The minimum Gasteiger partial charge on any atom is -0.474 e. The van der Waals surface area contributed by atoms with E-state index in [9.17, 15) is 4.79 Å². The highest BCUT2D eigenvalue weighted by Gasteiger charge is 2.17. The molecule has 4 rings (SSSR count). The number of morpholine rings is 1. The predicted molar refractivity (Wildman–Crippen MR) is 113 cm³/mol. The Hall–Kier alpha value is -2.87. The fourth-order valence-electron chi connectivity index (χ4n) is 3.76. The Morgan fingerprint density at radius 3 is 2.43 bits per heavy atom. The van der Waals surface area contributed by atoms with Gasteiger partial charge in [-0.1, -0.05) is 0 Å². The molecule has 30 heavy (non-hydrogen) atoms. The summed E-state index contributed by atoms with van der Waals surface area (Å²) in [5.74, 6) is 1.55. The van der Waals surface area contributed by atoms with E-state index in [-0.39, 0.29) is 12.1 Å². The summed E-state index contributed by atoms with van der Waals surface area (Å²) < 4.78 is 11.3. The summed E-state index contributed by atoms with van der Waals surface area (Å²) in [5, 5.41) is 5.80. The summed E-state index contributed by atoms with van der Waals surface area (Å²) in [6.07, 6.45) is 8.40. The number of rotatable bonds is 7. The summed E-state index contributed by atoms with van der Waals surface area (Å²) in [6, 6.07) is 7.51. The molecule has 1 aliphatic heterocycles. The average Bonchev–Trinajstić information content (AvgIpc) is 3.30. The van der Waals surface area contributed by atoms with Crippen LogP contribution in [0.3, 0.4) is 0 Å². The van der Waals surface area contributed by atoms with Gasteiger partial charge in [0.2, 0.25) is 5.88 Å². The summed E-state index contributed by atoms with van der Waals surface area (Å²) in [4.78, 5) is 23.1. The zero-order valence-corrected chi connectivity index (χ0v) is 17.2. The number of urea groups is 1. The Morgan fingerprint density at radius 1 is 1.03 bits per heavy atom. The molecule has 2 N–H and O–H groups in total. The fourth-order valence-corrected chi connectivity index (χ4v) is 3.76. The number of nitrogens with one attached hydrogen (secondary N) is 2. The monoisotopic (exact) mass is 411 g/mol. The average molecular weight is 412 g/mol. The highest BCUT2D eigenvalue weighted by atomic mass is 16.5. The first-order valence-electron chi connectivity index (χ1n) is 10.7. The molecule has 160 valence electrons. The molecule has 2 fully saturated rings. The van der Waals surface area contributed by atoms with E-state index >= 15 is 0 Å². The molecule has 2 aromatic rings. The second-order valence-corrected chi connectivity index (χ2v) is 7.68. The first-order valence-corrected chi connectivity index (χ1v) is 10.7. The number of ether oxygens (including phenoxy) is 2. The molecule has 0 spiro atoms. The first kappa shape index (κ1) is 20.4. The Balaban J connectivity index is 1.23. The maximum atomic E-state index is 12.2. The number of amides is 2. The number of aromatic nitrogens is 2. The summed E-state index contributed by atoms with van der Waals surface area (Å²) in [5.41, 5.74) is 1.98. The fraction of sp³-hybridized carbons (Fsp3) is 0.500. The van der Waals surface area contributed by atoms with E-state index in [0.717, 1.165) is 56.1 Å². The SMILES string of the molecule is O=C(NCc1ccnc(OC2CCCC2)c1)NCc1ccnc(N2CCOCC2)c1. The molecule has 3 heterocycles. The Kier molecular flexibility index (Phi) is 6.97. The minimum absolute atomic E-state index is 0.213. The van der Waals surface area contributed by atoms with Gasteiger partial charge in [0.1, 0.15) is 11.9 Å². The van der Waals surface area contributed by atoms with Crippen molar-refractivity contribution in [2.75, 3.05) is 31.2 Å². The molecule has 2 amide bonds. The number of pyridine rings is 2. The third-order valence-corrected chi connectivity index (χ3v) is 5.44. The van der Waals surface area contributed by atoms with Crippen LogP contribution in [0.4, 0.5) is 10.6 Å². The van der Waals surface area contributed by atoms with Crippen LogP contribution in [0.25, 0.3) is 0 Å². The van der Waals surface area contributed by atoms with Gasteiger partial charge in [-0.2, -0.15) is 0 Å². The van der Waals surface area contributed by atoms with Crippen molar-refractivity contribution in [2.45, 2.75) is 44.9 Å². The van der Waals surface area contributed by atoms with E-state index in [2.05, 4.69) is 25.5 Å². The maximum Gasteiger partial charge on any atom is 0.315 e. The van der Waals surface area contributed by atoms with Gasteiger partial charge >= 0.3 is 6.03 Å². The van der Waals surface area contributed by atoms with Crippen molar-refractivity contribution in [1.82, 2.24) is 20.6 Å². The van der Waals surface area contributed by atoms with Crippen molar-refractivity contribution < 1.29 is 14.3 Å². The summed E-state index contributed by atoms with van der Waals surface area (Å²) in [7, 11) is 0. The van der Waals surface area contributed by atoms with Crippen molar-refractivity contribution in [1.29, 1.82) is 0 Å². The van der Waals surface area contributed by atoms with Crippen molar-refractivity contribution in [3.05, 3.63) is 47.8 Å². The predicted octanol–water partition coefficient (Wildman–Crippen LogP) is 2.63. The molecule has 0 radical (unpaired) electrons. The number of carbonyl (C=O) groups excluding carboxylic acids is 1. The van der Waals surface area contributed by atoms with Gasteiger partial charge in [-0.15, -0.1) is 0 Å². The van der Waals surface area contributed by atoms with Crippen LogP contribution >= 0.6 is 0 Å². The normalized spacial score (nSPS) is 17.0. The van der Waals surface area contributed by atoms with Crippen molar-refractivity contribution >= 4 is 11.8 Å². The number of hydrogen-bond acceptors (Lipinski definition) is 6. The van der Waals surface area contributed by atoms with Gasteiger partial charge in [-0.05, 0) is 55.0 Å². The third-order valence-electron chi connectivity index (χ3n) is 5.44. The maximum absolute atomic E-state index is 12.2. The van der Waals surface area contributed by atoms with Gasteiger partial charge in [-0.25, -0.2) is 14.8 Å². The molecule has 2 aromatic heterocycles. The van der Waals surface area contributed by atoms with E-state index in [1.165, 1.54) is 12.8 Å². The van der Waals surface area contributed by atoms with Gasteiger partial charge in [0.15, 0.2) is 0 Å². The molecule has 1 aliphatic carbocycles. The topological polar surface area (TPSA) is 88.6 Å². The lowest BCUT2D eigenvalue weighted by molar-refractivity contribution is 0.122. The van der Waals surface area contributed by atoms with Crippen LogP contribution in [0.15, 0.2) is 36.7 Å². The Bertz CT molecular complexity index is 835. The summed E-state index contributed by atoms with van der Waals surface area (Å²) in [6.45, 7) is 3.97. The van der Waals surface area contributed by atoms with Crippen LogP contribution in [0.2, 0.25) is 0 Å². The molecule has 0 atom stereocenters. The van der Waals surface area contributed by atoms with Crippen LogP contribution in [0.5, 0.6) is 5.88 Å². The van der Waals surface area contributed by atoms with Crippen LogP contribution in [0, 0.1) is 0 Å². The molecule has 0 unspecified atom stereocenters. The van der Waals surface area contributed by atoms with Crippen molar-refractivity contribution in [3.8, 4) is 5.88 Å². The molecule has 2 aliphatic rings. The molecule has 0 bridgehead atoms. The smallest absolute Gasteiger partial charge is 0.315 e. The molecule has 8 heteroatoms. The quantitative estimate of drug-likeness (QED) is 0.728. The van der Waals surface area contributed by atoms with Gasteiger partial charge in [-0.3, -0.25) is 0 Å². The second kappa shape index (κ2) is 10.2.